The SMILES string of the molecule is CCCCCCCCCCCC(C)N(Cc1ccc(CN(C(C)CCCCCCCCCCC)C(C)CCCCCCCCCCC)cc1)C(C)CCCCCCCCCCC. The zero-order valence-electron chi connectivity index (χ0n) is 44.2. The van der Waals surface area contributed by atoms with Crippen molar-refractivity contribution in [1.82, 2.24) is 9.80 Å². The molecule has 0 amide bonds. The average molecular weight is 866 g/mol. The lowest BCUT2D eigenvalue weighted by molar-refractivity contribution is 0.125. The molecule has 0 N–H and O–H groups in total. The molecule has 1 rings (SSSR count). The fourth-order valence-corrected chi connectivity index (χ4v) is 10.3. The molecule has 1 aromatic carbocycles. The van der Waals surface area contributed by atoms with Crippen molar-refractivity contribution in [3.05, 3.63) is 35.4 Å². The van der Waals surface area contributed by atoms with Gasteiger partial charge >= 0.3 is 0 Å². The summed E-state index contributed by atoms with van der Waals surface area (Å²) >= 11 is 0. The van der Waals surface area contributed by atoms with Crippen molar-refractivity contribution < 1.29 is 0 Å². The molecule has 0 fully saturated rings. The molecule has 0 saturated carbocycles. The number of unbranched alkanes of at least 4 members (excludes halogenated alkanes) is 32. The first-order chi connectivity index (χ1) is 30.4. The van der Waals surface area contributed by atoms with Gasteiger partial charge < -0.3 is 0 Å². The minimum Gasteiger partial charge on any atom is -0.294 e. The molecule has 0 saturated heterocycles. The van der Waals surface area contributed by atoms with Gasteiger partial charge in [-0.05, 0) is 64.5 Å². The molecule has 4 unspecified atom stereocenters. The molecule has 2 nitrogen and oxygen atoms in total. The summed E-state index contributed by atoms with van der Waals surface area (Å²) in [6.45, 7) is 21.7. The summed E-state index contributed by atoms with van der Waals surface area (Å²) in [4.78, 5) is 5.80. The maximum Gasteiger partial charge on any atom is 0.0239 e. The second-order valence-corrected chi connectivity index (χ2v) is 21.0. The summed E-state index contributed by atoms with van der Waals surface area (Å²) in [5.41, 5.74) is 3.03. The highest BCUT2D eigenvalue weighted by atomic mass is 15.2. The summed E-state index contributed by atoms with van der Waals surface area (Å²) in [5.74, 6) is 0. The van der Waals surface area contributed by atoms with E-state index in [4.69, 9.17) is 0 Å². The molecule has 2 heteroatoms. The fourth-order valence-electron chi connectivity index (χ4n) is 10.3. The van der Waals surface area contributed by atoms with E-state index in [9.17, 15) is 0 Å². The Morgan fingerprint density at radius 2 is 0.419 bits per heavy atom. The molecule has 0 heterocycles. The molecule has 62 heavy (non-hydrogen) atoms. The molecule has 0 spiro atoms. The van der Waals surface area contributed by atoms with Crippen LogP contribution >= 0.6 is 0 Å². The number of hydrogen-bond donors (Lipinski definition) is 0. The number of hydrogen-bond acceptors (Lipinski definition) is 2. The summed E-state index contributed by atoms with van der Waals surface area (Å²) < 4.78 is 0. The molecule has 0 aliphatic carbocycles. The second-order valence-electron chi connectivity index (χ2n) is 21.0. The van der Waals surface area contributed by atoms with Crippen LogP contribution in [0, 0.1) is 0 Å². The summed E-state index contributed by atoms with van der Waals surface area (Å²) in [5, 5.41) is 0. The summed E-state index contributed by atoms with van der Waals surface area (Å²) in [6.07, 6.45) is 56.5. The van der Waals surface area contributed by atoms with Gasteiger partial charge in [-0.15, -0.1) is 0 Å². The van der Waals surface area contributed by atoms with Gasteiger partial charge in [0.2, 0.25) is 0 Å². The third-order valence-corrected chi connectivity index (χ3v) is 14.9. The maximum absolute atomic E-state index is 2.90. The fraction of sp³-hybridized carbons (Fsp3) is 0.900. The van der Waals surface area contributed by atoms with E-state index in [1.54, 1.807) is 0 Å². The number of benzene rings is 1. The van der Waals surface area contributed by atoms with Crippen molar-refractivity contribution in [2.24, 2.45) is 0 Å². The quantitative estimate of drug-likeness (QED) is 0.0602. The van der Waals surface area contributed by atoms with Gasteiger partial charge in [0.15, 0.2) is 0 Å². The van der Waals surface area contributed by atoms with Crippen LogP contribution in [-0.4, -0.2) is 34.0 Å². The standard InChI is InChI=1S/C60H116N2/c1-9-13-17-21-25-29-33-37-41-45-55(5)61(56(6)46-42-38-34-30-26-22-18-14-10-2)53-59-49-51-60(52-50-59)54-62(57(7)47-43-39-35-31-27-23-19-15-11-3)58(8)48-44-40-36-32-28-24-20-16-12-4/h49-52,55-58H,9-48,53-54H2,1-8H3. The number of nitrogens with zero attached hydrogens (tertiary/aromatic N) is 2. The molecule has 0 radical (unpaired) electrons. The summed E-state index contributed by atoms with van der Waals surface area (Å²) in [6, 6.07) is 12.6. The van der Waals surface area contributed by atoms with Crippen LogP contribution in [0.1, 0.15) is 323 Å². The van der Waals surface area contributed by atoms with Crippen LogP contribution in [-0.2, 0) is 13.1 Å². The lowest BCUT2D eigenvalue weighted by atomic mass is 9.99. The van der Waals surface area contributed by atoms with Crippen LogP contribution in [0.3, 0.4) is 0 Å². The topological polar surface area (TPSA) is 6.48 Å². The van der Waals surface area contributed by atoms with Gasteiger partial charge in [0, 0.05) is 37.3 Å². The lowest BCUT2D eigenvalue weighted by Crippen LogP contribution is -2.40. The maximum atomic E-state index is 2.90. The Balaban J connectivity index is 2.86. The summed E-state index contributed by atoms with van der Waals surface area (Å²) in [7, 11) is 0. The Morgan fingerprint density at radius 1 is 0.258 bits per heavy atom. The highest BCUT2D eigenvalue weighted by Gasteiger charge is 2.22. The lowest BCUT2D eigenvalue weighted by Gasteiger charge is -2.36. The van der Waals surface area contributed by atoms with Crippen molar-refractivity contribution in [2.75, 3.05) is 0 Å². The molecule has 0 aromatic heterocycles. The molecular formula is C60H116N2. The first-order valence-electron chi connectivity index (χ1n) is 29.0. The van der Waals surface area contributed by atoms with E-state index >= 15 is 0 Å². The Hall–Kier alpha value is -0.860. The predicted molar refractivity (Wildman–Crippen MR) is 283 cm³/mol. The van der Waals surface area contributed by atoms with Crippen molar-refractivity contribution in [1.29, 1.82) is 0 Å². The normalized spacial score (nSPS) is 14.0. The van der Waals surface area contributed by atoms with Gasteiger partial charge in [-0.25, -0.2) is 0 Å². The highest BCUT2D eigenvalue weighted by molar-refractivity contribution is 5.23. The Morgan fingerprint density at radius 3 is 0.597 bits per heavy atom. The third kappa shape index (κ3) is 33.6. The molecule has 366 valence electrons. The van der Waals surface area contributed by atoms with Crippen molar-refractivity contribution in [2.45, 2.75) is 349 Å². The van der Waals surface area contributed by atoms with E-state index < -0.39 is 0 Å². The first kappa shape index (κ1) is 59.2. The largest absolute Gasteiger partial charge is 0.294 e. The van der Waals surface area contributed by atoms with E-state index in [0.29, 0.717) is 24.2 Å². The number of rotatable bonds is 48. The van der Waals surface area contributed by atoms with Gasteiger partial charge in [-0.1, -0.05) is 283 Å². The van der Waals surface area contributed by atoms with Crippen LogP contribution in [0.25, 0.3) is 0 Å². The smallest absolute Gasteiger partial charge is 0.0239 e. The first-order valence-corrected chi connectivity index (χ1v) is 29.0. The average Bonchev–Trinajstić information content (AvgIpc) is 3.27. The van der Waals surface area contributed by atoms with Crippen LogP contribution in [0.15, 0.2) is 24.3 Å². The monoisotopic (exact) mass is 865 g/mol. The van der Waals surface area contributed by atoms with Crippen molar-refractivity contribution >= 4 is 0 Å². The minimum atomic E-state index is 0.645. The van der Waals surface area contributed by atoms with Gasteiger partial charge in [0.1, 0.15) is 0 Å². The van der Waals surface area contributed by atoms with Gasteiger partial charge in [0.25, 0.3) is 0 Å². The molecule has 0 aliphatic rings. The van der Waals surface area contributed by atoms with Crippen LogP contribution in [0.4, 0.5) is 0 Å². The zero-order valence-corrected chi connectivity index (χ0v) is 44.2. The molecule has 0 aliphatic heterocycles. The van der Waals surface area contributed by atoms with Crippen molar-refractivity contribution in [3.8, 4) is 0 Å². The van der Waals surface area contributed by atoms with E-state index in [0.717, 1.165) is 13.1 Å². The van der Waals surface area contributed by atoms with E-state index in [1.807, 2.05) is 0 Å². The Bertz CT molecular complexity index is 881. The molecule has 1 aromatic rings. The molecule has 0 bridgehead atoms. The molecule has 4 atom stereocenters. The van der Waals surface area contributed by atoms with Crippen LogP contribution in [0.2, 0.25) is 0 Å². The third-order valence-electron chi connectivity index (χ3n) is 14.9. The highest BCUT2D eigenvalue weighted by Crippen LogP contribution is 2.25. The van der Waals surface area contributed by atoms with Crippen molar-refractivity contribution in [3.63, 3.8) is 0 Å². The molecular weight excluding hydrogens is 749 g/mol. The van der Waals surface area contributed by atoms with E-state index in [2.05, 4.69) is 89.5 Å². The van der Waals surface area contributed by atoms with E-state index in [-0.39, 0.29) is 0 Å². The Kier molecular flexibility index (Phi) is 42.0. The second kappa shape index (κ2) is 44.0. The van der Waals surface area contributed by atoms with Gasteiger partial charge in [-0.2, -0.15) is 0 Å². The van der Waals surface area contributed by atoms with Crippen LogP contribution in [0.5, 0.6) is 0 Å². The predicted octanol–water partition coefficient (Wildman–Crippen LogP) is 20.5. The van der Waals surface area contributed by atoms with Crippen LogP contribution < -0.4 is 0 Å². The van der Waals surface area contributed by atoms with Gasteiger partial charge in [-0.3, -0.25) is 9.80 Å². The Labute approximate surface area is 393 Å². The zero-order chi connectivity index (χ0) is 45.1. The minimum absolute atomic E-state index is 0.645. The van der Waals surface area contributed by atoms with Gasteiger partial charge in [0.05, 0.1) is 0 Å². The van der Waals surface area contributed by atoms with E-state index in [1.165, 1.54) is 268 Å².